The topological polar surface area (TPSA) is 66.5 Å². The molecule has 0 aliphatic carbocycles. The minimum absolute atomic E-state index is 0.0636. The molecule has 0 saturated heterocycles. The first kappa shape index (κ1) is 17.3. The van der Waals surface area contributed by atoms with Crippen molar-refractivity contribution in [1.82, 2.24) is 4.90 Å². The number of carbonyl (C=O) groups excluding carboxylic acids is 1. The highest BCUT2D eigenvalue weighted by atomic mass is 35.5. The molecule has 1 N–H and O–H groups in total. The Bertz CT molecular complexity index is 848. The second-order valence-electron chi connectivity index (χ2n) is 5.29. The molecule has 23 heavy (non-hydrogen) atoms. The van der Waals surface area contributed by atoms with Gasteiger partial charge in [0.2, 0.25) is 0 Å². The molecular weight excluding hydrogens is 336 g/mol. The number of aryl methyl sites for hydroxylation is 1. The van der Waals surface area contributed by atoms with Crippen LogP contribution in [0.25, 0.3) is 0 Å². The predicted molar refractivity (Wildman–Crippen MR) is 91.5 cm³/mol. The number of anilines is 1. The van der Waals surface area contributed by atoms with Gasteiger partial charge in [-0.25, -0.2) is 8.42 Å². The number of amides is 1. The van der Waals surface area contributed by atoms with Crippen LogP contribution in [0.2, 0.25) is 5.02 Å². The fourth-order valence-electron chi connectivity index (χ4n) is 1.96. The van der Waals surface area contributed by atoms with Crippen molar-refractivity contribution < 1.29 is 13.2 Å². The van der Waals surface area contributed by atoms with E-state index in [1.165, 1.54) is 23.1 Å². The number of sulfonamides is 1. The number of rotatable bonds is 4. The van der Waals surface area contributed by atoms with E-state index < -0.39 is 10.0 Å². The minimum Gasteiger partial charge on any atom is -0.345 e. The normalized spacial score (nSPS) is 11.1. The van der Waals surface area contributed by atoms with Crippen LogP contribution in [0.15, 0.2) is 47.4 Å². The molecule has 0 radical (unpaired) electrons. The molecule has 122 valence electrons. The highest BCUT2D eigenvalue weighted by molar-refractivity contribution is 7.92. The van der Waals surface area contributed by atoms with Crippen LogP contribution in [0.3, 0.4) is 0 Å². The third-order valence-corrected chi connectivity index (χ3v) is 4.84. The number of hydrogen-bond acceptors (Lipinski definition) is 3. The summed E-state index contributed by atoms with van der Waals surface area (Å²) in [7, 11) is -0.507. The van der Waals surface area contributed by atoms with E-state index >= 15 is 0 Å². The zero-order chi connectivity index (χ0) is 17.2. The number of nitrogens with one attached hydrogen (secondary N) is 1. The lowest BCUT2D eigenvalue weighted by Gasteiger charge is -2.14. The van der Waals surface area contributed by atoms with Gasteiger partial charge in [0.25, 0.3) is 15.9 Å². The number of hydrogen-bond donors (Lipinski definition) is 1. The van der Waals surface area contributed by atoms with Crippen molar-refractivity contribution in [3.63, 3.8) is 0 Å². The molecule has 1 amide bonds. The van der Waals surface area contributed by atoms with E-state index in [0.29, 0.717) is 21.8 Å². The Labute approximate surface area is 140 Å². The summed E-state index contributed by atoms with van der Waals surface area (Å²) in [4.78, 5) is 13.5. The molecule has 0 spiro atoms. The van der Waals surface area contributed by atoms with E-state index in [-0.39, 0.29) is 10.8 Å². The number of benzene rings is 2. The third kappa shape index (κ3) is 4.03. The van der Waals surface area contributed by atoms with Gasteiger partial charge in [0.1, 0.15) is 0 Å². The van der Waals surface area contributed by atoms with Crippen molar-refractivity contribution in [2.75, 3.05) is 18.8 Å². The molecule has 0 bridgehead atoms. The largest absolute Gasteiger partial charge is 0.345 e. The Hall–Kier alpha value is -2.05. The Morgan fingerprint density at radius 2 is 1.83 bits per heavy atom. The second-order valence-corrected chi connectivity index (χ2v) is 7.41. The van der Waals surface area contributed by atoms with E-state index in [1.807, 2.05) is 0 Å². The molecule has 2 aromatic rings. The first-order chi connectivity index (χ1) is 10.7. The highest BCUT2D eigenvalue weighted by Crippen LogP contribution is 2.23. The zero-order valence-corrected chi connectivity index (χ0v) is 14.6. The minimum atomic E-state index is -3.78. The summed E-state index contributed by atoms with van der Waals surface area (Å²) in [5.74, 6) is -0.201. The first-order valence-corrected chi connectivity index (χ1v) is 8.67. The van der Waals surface area contributed by atoms with E-state index in [4.69, 9.17) is 11.6 Å². The van der Waals surface area contributed by atoms with Gasteiger partial charge in [-0.2, -0.15) is 0 Å². The first-order valence-electron chi connectivity index (χ1n) is 6.81. The third-order valence-electron chi connectivity index (χ3n) is 3.24. The van der Waals surface area contributed by atoms with Crippen molar-refractivity contribution in [1.29, 1.82) is 0 Å². The van der Waals surface area contributed by atoms with Gasteiger partial charge in [-0.3, -0.25) is 9.52 Å². The molecule has 0 saturated carbocycles. The van der Waals surface area contributed by atoms with Crippen LogP contribution >= 0.6 is 11.6 Å². The van der Waals surface area contributed by atoms with Gasteiger partial charge in [-0.1, -0.05) is 23.7 Å². The van der Waals surface area contributed by atoms with Crippen molar-refractivity contribution in [2.45, 2.75) is 11.8 Å². The van der Waals surface area contributed by atoms with Crippen LogP contribution in [0.1, 0.15) is 15.9 Å². The summed E-state index contributed by atoms with van der Waals surface area (Å²) >= 11 is 5.84. The Kier molecular flexibility index (Phi) is 4.97. The molecule has 7 heteroatoms. The molecule has 0 aliphatic heterocycles. The molecule has 0 fully saturated rings. The standard InChI is InChI=1S/C16H17ClN2O3S/c1-11-7-8-12(16(20)19(2)3)9-15(11)18-23(21,22)14-6-4-5-13(17)10-14/h4-10,18H,1-3H3. The van der Waals surface area contributed by atoms with Gasteiger partial charge >= 0.3 is 0 Å². The highest BCUT2D eigenvalue weighted by Gasteiger charge is 2.17. The molecule has 2 aromatic carbocycles. The number of nitrogens with zero attached hydrogens (tertiary/aromatic N) is 1. The lowest BCUT2D eigenvalue weighted by Crippen LogP contribution is -2.22. The van der Waals surface area contributed by atoms with Gasteiger partial charge in [0, 0.05) is 24.7 Å². The Morgan fingerprint density at radius 3 is 2.43 bits per heavy atom. The second kappa shape index (κ2) is 6.60. The molecule has 0 atom stereocenters. The van der Waals surface area contributed by atoms with Gasteiger partial charge < -0.3 is 4.90 Å². The fraction of sp³-hybridized carbons (Fsp3) is 0.188. The van der Waals surface area contributed by atoms with Crippen molar-refractivity contribution in [2.24, 2.45) is 0 Å². The maximum absolute atomic E-state index is 12.5. The average molecular weight is 353 g/mol. The van der Waals surface area contributed by atoms with E-state index in [1.54, 1.807) is 45.3 Å². The smallest absolute Gasteiger partial charge is 0.261 e. The SMILES string of the molecule is Cc1ccc(C(=O)N(C)C)cc1NS(=O)(=O)c1cccc(Cl)c1. The molecule has 2 rings (SSSR count). The Balaban J connectivity index is 2.39. The van der Waals surface area contributed by atoms with Crippen LogP contribution in [0.4, 0.5) is 5.69 Å². The average Bonchev–Trinajstić information content (AvgIpc) is 2.48. The Morgan fingerprint density at radius 1 is 1.13 bits per heavy atom. The maximum atomic E-state index is 12.5. The molecular formula is C16H17ClN2O3S. The molecule has 0 aromatic heterocycles. The summed E-state index contributed by atoms with van der Waals surface area (Å²) in [5, 5.41) is 0.334. The van der Waals surface area contributed by atoms with Crippen LogP contribution in [0.5, 0.6) is 0 Å². The van der Waals surface area contributed by atoms with Crippen molar-refractivity contribution in [3.05, 3.63) is 58.6 Å². The molecule has 0 aliphatic rings. The van der Waals surface area contributed by atoms with E-state index in [0.717, 1.165) is 0 Å². The van der Waals surface area contributed by atoms with Gasteiger partial charge in [-0.05, 0) is 42.8 Å². The monoisotopic (exact) mass is 352 g/mol. The van der Waals surface area contributed by atoms with Gasteiger partial charge in [0.05, 0.1) is 10.6 Å². The lowest BCUT2D eigenvalue weighted by atomic mass is 10.1. The molecule has 0 unspecified atom stereocenters. The summed E-state index contributed by atoms with van der Waals surface area (Å²) in [6, 6.07) is 10.9. The predicted octanol–water partition coefficient (Wildman–Crippen LogP) is 3.15. The molecule has 5 nitrogen and oxygen atoms in total. The summed E-state index contributed by atoms with van der Waals surface area (Å²) in [6.07, 6.45) is 0. The maximum Gasteiger partial charge on any atom is 0.261 e. The number of halogens is 1. The van der Waals surface area contributed by atoms with Crippen LogP contribution in [0, 0.1) is 6.92 Å². The molecule has 0 heterocycles. The van der Waals surface area contributed by atoms with Crippen molar-refractivity contribution in [3.8, 4) is 0 Å². The lowest BCUT2D eigenvalue weighted by molar-refractivity contribution is 0.0827. The summed E-state index contributed by atoms with van der Waals surface area (Å²) < 4.78 is 27.4. The van der Waals surface area contributed by atoms with Crippen molar-refractivity contribution >= 4 is 33.2 Å². The van der Waals surface area contributed by atoms with E-state index in [9.17, 15) is 13.2 Å². The van der Waals surface area contributed by atoms with E-state index in [2.05, 4.69) is 4.72 Å². The fourth-order valence-corrected chi connectivity index (χ4v) is 3.38. The van der Waals surface area contributed by atoms with Gasteiger partial charge in [-0.15, -0.1) is 0 Å². The summed E-state index contributed by atoms with van der Waals surface area (Å²) in [5.41, 5.74) is 1.48. The quantitative estimate of drug-likeness (QED) is 0.919. The van der Waals surface area contributed by atoms with Crippen LogP contribution in [-0.2, 0) is 10.0 Å². The van der Waals surface area contributed by atoms with Crippen LogP contribution in [-0.4, -0.2) is 33.3 Å². The van der Waals surface area contributed by atoms with Gasteiger partial charge in [0.15, 0.2) is 0 Å². The summed E-state index contributed by atoms with van der Waals surface area (Å²) in [6.45, 7) is 1.76. The van der Waals surface area contributed by atoms with Crippen LogP contribution < -0.4 is 4.72 Å². The zero-order valence-electron chi connectivity index (χ0n) is 13.0. The number of carbonyl (C=O) groups is 1.